The smallest absolute Gasteiger partial charge is 0.0895 e. The Morgan fingerprint density at radius 1 is 0.175 bits per heavy atom. The van der Waals surface area contributed by atoms with Crippen molar-refractivity contribution in [1.82, 2.24) is 0 Å². The highest BCUT2D eigenvalue weighted by molar-refractivity contribution is 6.54. The van der Waals surface area contributed by atoms with Gasteiger partial charge >= 0.3 is 0 Å². The molecule has 184 valence electrons. The largest absolute Gasteiger partial charge is 0.245 e. The van der Waals surface area contributed by atoms with Gasteiger partial charge in [0.1, 0.15) is 0 Å². The zero-order valence-corrected chi connectivity index (χ0v) is 20.8. The Balaban J connectivity index is 1.19. The third-order valence-electron chi connectivity index (χ3n) is 7.22. The molecule has 0 aromatic carbocycles. The summed E-state index contributed by atoms with van der Waals surface area (Å²) in [7, 11) is 0. The van der Waals surface area contributed by atoms with Crippen molar-refractivity contribution in [2.24, 2.45) is 39.9 Å². The zero-order chi connectivity index (χ0) is 26.2. The summed E-state index contributed by atoms with van der Waals surface area (Å²) in [6.07, 6.45) is 31.5. The molecule has 0 aromatic rings. The molecule has 0 N–H and O–H groups in total. The molecule has 0 aliphatic carbocycles. The Morgan fingerprint density at radius 2 is 0.300 bits per heavy atom. The third-order valence-corrected chi connectivity index (χ3v) is 7.22. The van der Waals surface area contributed by atoms with E-state index in [4.69, 9.17) is 39.9 Å². The Kier molecular flexibility index (Phi) is 4.17. The van der Waals surface area contributed by atoms with Crippen LogP contribution in [0.4, 0.5) is 0 Å². The molecule has 0 saturated carbocycles. The molecular formula is C32H16N8. The van der Waals surface area contributed by atoms with Crippen LogP contribution in [0.5, 0.6) is 0 Å². The molecule has 16 bridgehead atoms. The lowest BCUT2D eigenvalue weighted by atomic mass is 10.2. The Labute approximate surface area is 228 Å². The van der Waals surface area contributed by atoms with Gasteiger partial charge in [-0.25, -0.2) is 39.9 Å². The minimum absolute atomic E-state index is 0.794. The van der Waals surface area contributed by atoms with E-state index < -0.39 is 0 Å². The molecule has 9 aliphatic rings. The number of hydrogen-bond acceptors (Lipinski definition) is 8. The van der Waals surface area contributed by atoms with E-state index in [9.17, 15) is 0 Å². The van der Waals surface area contributed by atoms with Crippen LogP contribution in [0.3, 0.4) is 0 Å². The van der Waals surface area contributed by atoms with Crippen LogP contribution in [0.15, 0.2) is 183 Å². The molecule has 40 heavy (non-hydrogen) atoms. The normalized spacial score (nSPS) is 24.0. The van der Waals surface area contributed by atoms with Crippen LogP contribution in [-0.2, 0) is 0 Å². The average molecular weight is 513 g/mol. The van der Waals surface area contributed by atoms with Crippen molar-refractivity contribution in [2.75, 3.05) is 0 Å². The van der Waals surface area contributed by atoms with E-state index in [0.717, 1.165) is 91.3 Å². The number of nitrogens with zero attached hydrogens (tertiary/aromatic N) is 8. The van der Waals surface area contributed by atoms with Crippen LogP contribution in [0.1, 0.15) is 0 Å². The van der Waals surface area contributed by atoms with Crippen LogP contribution >= 0.6 is 0 Å². The SMILES string of the molecule is C1=CC2=C3C=CC(=N3)C3=NC(=C4C=CC(=N4)C4=NC(=C5C=CC(=N5)C5=NC(=C6C=CC(=N6)C1=N2)C=C5)C=C4)C=C3. The van der Waals surface area contributed by atoms with E-state index in [1.165, 1.54) is 0 Å². The second-order valence-electron chi connectivity index (χ2n) is 9.72. The first kappa shape index (κ1) is 21.2. The van der Waals surface area contributed by atoms with Crippen molar-refractivity contribution in [2.45, 2.75) is 0 Å². The second-order valence-corrected chi connectivity index (χ2v) is 9.72. The Bertz CT molecular complexity index is 1610. The fourth-order valence-corrected chi connectivity index (χ4v) is 5.18. The van der Waals surface area contributed by atoms with E-state index in [-0.39, 0.29) is 0 Å². The standard InChI is InChI=1S/C32H16N8/c1-2-18-20-5-6-23(35-20)24-9-10-27(37-24)28-13-14-31(39-28)32-16-15-30(40-32)29-12-11-26(38-29)25-8-7-22(36-25)21-4-3-19(34-21)17(1)33-18/h1-16H. The van der Waals surface area contributed by atoms with Crippen LogP contribution in [-0.4, -0.2) is 45.7 Å². The van der Waals surface area contributed by atoms with Crippen molar-refractivity contribution in [3.05, 3.63) is 143 Å². The summed E-state index contributed by atoms with van der Waals surface area (Å²) < 4.78 is 0. The van der Waals surface area contributed by atoms with Gasteiger partial charge in [-0.05, 0) is 97.2 Å². The first-order valence-electron chi connectivity index (χ1n) is 12.9. The first-order chi connectivity index (χ1) is 19.7. The topological polar surface area (TPSA) is 98.9 Å². The molecule has 0 aromatic heterocycles. The molecule has 8 nitrogen and oxygen atoms in total. The lowest BCUT2D eigenvalue weighted by Gasteiger charge is -1.98. The highest BCUT2D eigenvalue weighted by atomic mass is 14.9. The molecule has 9 heterocycles. The molecule has 0 saturated heterocycles. The minimum atomic E-state index is 0.794. The van der Waals surface area contributed by atoms with E-state index in [1.54, 1.807) is 0 Å². The van der Waals surface area contributed by atoms with Crippen LogP contribution in [0.2, 0.25) is 0 Å². The maximum Gasteiger partial charge on any atom is 0.0895 e. The minimum Gasteiger partial charge on any atom is -0.245 e. The number of aliphatic imine (C=N–C) groups is 8. The molecular weight excluding hydrogens is 496 g/mol. The number of fused-ring (bicyclic) bond motifs is 12. The molecule has 8 heteroatoms. The molecule has 0 atom stereocenters. The monoisotopic (exact) mass is 512 g/mol. The highest BCUT2D eigenvalue weighted by Gasteiger charge is 2.23. The first-order valence-corrected chi connectivity index (χ1v) is 12.9. The van der Waals surface area contributed by atoms with Gasteiger partial charge in [-0.1, -0.05) is 0 Å². The van der Waals surface area contributed by atoms with Gasteiger partial charge in [-0.2, -0.15) is 0 Å². The number of rotatable bonds is 0. The molecule has 9 rings (SSSR count). The Morgan fingerprint density at radius 3 is 0.425 bits per heavy atom. The fourth-order valence-electron chi connectivity index (χ4n) is 5.18. The van der Waals surface area contributed by atoms with Crippen LogP contribution in [0, 0.1) is 0 Å². The van der Waals surface area contributed by atoms with Gasteiger partial charge in [0.2, 0.25) is 0 Å². The zero-order valence-electron chi connectivity index (χ0n) is 20.8. The summed E-state index contributed by atoms with van der Waals surface area (Å²) >= 11 is 0. The van der Waals surface area contributed by atoms with Gasteiger partial charge in [0.05, 0.1) is 91.3 Å². The van der Waals surface area contributed by atoms with Crippen molar-refractivity contribution < 1.29 is 0 Å². The summed E-state index contributed by atoms with van der Waals surface area (Å²) in [5.74, 6) is 0. The lowest BCUT2D eigenvalue weighted by molar-refractivity contribution is 1.30. The van der Waals surface area contributed by atoms with E-state index in [0.29, 0.717) is 0 Å². The van der Waals surface area contributed by atoms with E-state index >= 15 is 0 Å². The van der Waals surface area contributed by atoms with Gasteiger partial charge in [-0.15, -0.1) is 0 Å². The van der Waals surface area contributed by atoms with Crippen molar-refractivity contribution in [1.29, 1.82) is 0 Å². The highest BCUT2D eigenvalue weighted by Crippen LogP contribution is 2.29. The van der Waals surface area contributed by atoms with E-state index in [1.807, 2.05) is 97.2 Å². The van der Waals surface area contributed by atoms with Gasteiger partial charge in [-0.3, -0.25) is 0 Å². The van der Waals surface area contributed by atoms with Crippen molar-refractivity contribution in [3.8, 4) is 0 Å². The predicted molar refractivity (Wildman–Crippen MR) is 161 cm³/mol. The van der Waals surface area contributed by atoms with Crippen molar-refractivity contribution in [3.63, 3.8) is 0 Å². The second kappa shape index (κ2) is 7.87. The molecule has 9 aliphatic heterocycles. The van der Waals surface area contributed by atoms with Crippen molar-refractivity contribution >= 4 is 45.7 Å². The fraction of sp³-hybridized carbons (Fsp3) is 0. The van der Waals surface area contributed by atoms with Crippen LogP contribution < -0.4 is 0 Å². The summed E-state index contributed by atoms with van der Waals surface area (Å²) in [4.78, 5) is 38.5. The van der Waals surface area contributed by atoms with E-state index in [2.05, 4.69) is 0 Å². The summed E-state index contributed by atoms with van der Waals surface area (Å²) in [6.45, 7) is 0. The summed E-state index contributed by atoms with van der Waals surface area (Å²) in [5.41, 5.74) is 12.7. The average Bonchev–Trinajstić information content (AvgIpc) is 3.84. The van der Waals surface area contributed by atoms with Gasteiger partial charge in [0.25, 0.3) is 0 Å². The predicted octanol–water partition coefficient (Wildman–Crippen LogP) is 4.93. The Hall–Kier alpha value is -5.76. The maximum absolute atomic E-state index is 4.81. The maximum atomic E-state index is 4.81. The third kappa shape index (κ3) is 3.26. The number of allylic oxidation sites excluding steroid dienone is 16. The van der Waals surface area contributed by atoms with Gasteiger partial charge < -0.3 is 0 Å². The van der Waals surface area contributed by atoms with Gasteiger partial charge in [0.15, 0.2) is 0 Å². The summed E-state index contributed by atoms with van der Waals surface area (Å²) in [5, 5.41) is 0. The van der Waals surface area contributed by atoms with Gasteiger partial charge in [0, 0.05) is 0 Å². The molecule has 0 radical (unpaired) electrons. The molecule has 0 amide bonds. The quantitative estimate of drug-likeness (QED) is 0.411. The lowest BCUT2D eigenvalue weighted by Crippen LogP contribution is -2.05. The molecule has 0 fully saturated rings. The summed E-state index contributed by atoms with van der Waals surface area (Å²) in [6, 6.07) is 0. The molecule has 0 unspecified atom stereocenters. The number of hydrogen-bond donors (Lipinski definition) is 0. The van der Waals surface area contributed by atoms with Crippen LogP contribution in [0.25, 0.3) is 0 Å². The molecule has 0 spiro atoms.